The maximum Gasteiger partial charge on any atom is 0.272 e. The summed E-state index contributed by atoms with van der Waals surface area (Å²) >= 11 is 0. The summed E-state index contributed by atoms with van der Waals surface area (Å²) in [5.41, 5.74) is 3.96. The molecule has 3 heterocycles. The number of rotatable bonds is 6. The lowest BCUT2D eigenvalue weighted by atomic mass is 10.1. The molecule has 7 heteroatoms. The van der Waals surface area contributed by atoms with E-state index in [4.69, 9.17) is 4.98 Å². The molecule has 3 aromatic heterocycles. The third-order valence-corrected chi connectivity index (χ3v) is 5.13. The topological polar surface area (TPSA) is 84.7 Å². The maximum absolute atomic E-state index is 13.0. The number of hydrogen-bond donors (Lipinski definition) is 2. The van der Waals surface area contributed by atoms with Crippen molar-refractivity contribution in [1.82, 2.24) is 25.1 Å². The zero-order valence-corrected chi connectivity index (χ0v) is 18.9. The van der Waals surface area contributed by atoms with Gasteiger partial charge in [0.1, 0.15) is 5.82 Å². The minimum Gasteiger partial charge on any atom is -0.350 e. The summed E-state index contributed by atoms with van der Waals surface area (Å²) in [7, 11) is 0. The van der Waals surface area contributed by atoms with E-state index in [1.165, 1.54) is 5.56 Å². The van der Waals surface area contributed by atoms with Crippen molar-refractivity contribution in [2.24, 2.45) is 0 Å². The van der Waals surface area contributed by atoms with Crippen molar-refractivity contribution >= 4 is 28.4 Å². The average molecular weight is 429 g/mol. The third-order valence-electron chi connectivity index (χ3n) is 5.13. The first-order valence-electron chi connectivity index (χ1n) is 10.7. The van der Waals surface area contributed by atoms with Gasteiger partial charge in [0, 0.05) is 24.6 Å². The molecule has 164 valence electrons. The van der Waals surface area contributed by atoms with Gasteiger partial charge in [0.15, 0.2) is 11.3 Å². The van der Waals surface area contributed by atoms with Crippen molar-refractivity contribution in [3.63, 3.8) is 0 Å². The number of fused-ring (bicyclic) bond motifs is 1. The third kappa shape index (κ3) is 4.77. The normalized spacial score (nSPS) is 11.5. The first-order valence-corrected chi connectivity index (χ1v) is 10.7. The van der Waals surface area contributed by atoms with Gasteiger partial charge in [-0.1, -0.05) is 23.8 Å². The van der Waals surface area contributed by atoms with Crippen LogP contribution in [0.4, 0.5) is 11.5 Å². The molecule has 0 fully saturated rings. The average Bonchev–Trinajstić information content (AvgIpc) is 3.15. The standard InChI is InChI=1S/C25H28N6O/c1-17-7-9-19(10-8-17)28-21-12-11-20-22(30-31(23(20)29-21)25(2,3)4)24(32)27-15-13-18-6-5-14-26-16-18/h5-12,14,16H,13,15H2,1-4H3,(H,27,32)(H,28,29). The number of carbonyl (C=O) groups excluding carboxylic acids is 1. The molecule has 0 atom stereocenters. The molecule has 0 spiro atoms. The Labute approximate surface area is 187 Å². The second-order valence-electron chi connectivity index (χ2n) is 8.86. The van der Waals surface area contributed by atoms with Crippen molar-refractivity contribution in [2.75, 3.05) is 11.9 Å². The minimum atomic E-state index is -0.331. The summed E-state index contributed by atoms with van der Waals surface area (Å²) in [6.45, 7) is 8.70. The number of pyridine rings is 2. The van der Waals surface area contributed by atoms with E-state index in [1.54, 1.807) is 6.20 Å². The number of aromatic nitrogens is 4. The molecule has 0 saturated carbocycles. The molecule has 0 saturated heterocycles. The maximum atomic E-state index is 13.0. The number of nitrogens with zero attached hydrogens (tertiary/aromatic N) is 4. The van der Waals surface area contributed by atoms with Crippen molar-refractivity contribution in [2.45, 2.75) is 39.7 Å². The highest BCUT2D eigenvalue weighted by Crippen LogP contribution is 2.26. The highest BCUT2D eigenvalue weighted by molar-refractivity contribution is 6.04. The molecule has 4 aromatic rings. The lowest BCUT2D eigenvalue weighted by Crippen LogP contribution is -2.28. The molecule has 2 N–H and O–H groups in total. The van der Waals surface area contributed by atoms with E-state index in [9.17, 15) is 4.79 Å². The van der Waals surface area contributed by atoms with Crippen LogP contribution in [0.15, 0.2) is 60.9 Å². The molecule has 0 radical (unpaired) electrons. The monoisotopic (exact) mass is 428 g/mol. The number of benzene rings is 1. The molecule has 1 amide bonds. The quantitative estimate of drug-likeness (QED) is 0.469. The smallest absolute Gasteiger partial charge is 0.272 e. The van der Waals surface area contributed by atoms with Crippen molar-refractivity contribution < 1.29 is 4.79 Å². The number of amides is 1. The van der Waals surface area contributed by atoms with Crippen LogP contribution in [0.5, 0.6) is 0 Å². The second kappa shape index (κ2) is 8.78. The van der Waals surface area contributed by atoms with Crippen LogP contribution in [0, 0.1) is 6.92 Å². The van der Waals surface area contributed by atoms with Crippen LogP contribution < -0.4 is 10.6 Å². The SMILES string of the molecule is Cc1ccc(Nc2ccc3c(C(=O)NCCc4cccnc4)nn(C(C)(C)C)c3n2)cc1. The number of anilines is 2. The number of carbonyl (C=O) groups is 1. The van der Waals surface area contributed by atoms with Gasteiger partial charge in [0.2, 0.25) is 0 Å². The van der Waals surface area contributed by atoms with Crippen LogP contribution in [0.2, 0.25) is 0 Å². The molecule has 7 nitrogen and oxygen atoms in total. The van der Waals surface area contributed by atoms with Gasteiger partial charge < -0.3 is 10.6 Å². The van der Waals surface area contributed by atoms with E-state index < -0.39 is 0 Å². The van der Waals surface area contributed by atoms with E-state index in [2.05, 4.69) is 27.6 Å². The lowest BCUT2D eigenvalue weighted by Gasteiger charge is -2.20. The first kappa shape index (κ1) is 21.5. The van der Waals surface area contributed by atoms with Gasteiger partial charge in [-0.25, -0.2) is 9.67 Å². The molecular weight excluding hydrogens is 400 g/mol. The van der Waals surface area contributed by atoms with Crippen LogP contribution in [0.3, 0.4) is 0 Å². The molecular formula is C25H28N6O. The van der Waals surface area contributed by atoms with Gasteiger partial charge in [-0.3, -0.25) is 9.78 Å². The molecule has 0 aliphatic carbocycles. The van der Waals surface area contributed by atoms with Gasteiger partial charge in [0.05, 0.1) is 10.9 Å². The molecule has 0 bridgehead atoms. The Balaban J connectivity index is 1.59. The van der Waals surface area contributed by atoms with Crippen LogP contribution in [0.25, 0.3) is 11.0 Å². The fourth-order valence-corrected chi connectivity index (χ4v) is 3.44. The van der Waals surface area contributed by atoms with Crippen LogP contribution in [0.1, 0.15) is 42.4 Å². The molecule has 32 heavy (non-hydrogen) atoms. The summed E-state index contributed by atoms with van der Waals surface area (Å²) in [4.78, 5) is 21.9. The van der Waals surface area contributed by atoms with Gasteiger partial charge in [-0.15, -0.1) is 0 Å². The van der Waals surface area contributed by atoms with Crippen LogP contribution in [-0.2, 0) is 12.0 Å². The fraction of sp³-hybridized carbons (Fsp3) is 0.280. The predicted octanol–water partition coefficient (Wildman–Crippen LogP) is 4.61. The second-order valence-corrected chi connectivity index (χ2v) is 8.86. The molecule has 4 rings (SSSR count). The summed E-state index contributed by atoms with van der Waals surface area (Å²) < 4.78 is 1.82. The van der Waals surface area contributed by atoms with E-state index in [1.807, 2.05) is 80.2 Å². The fourth-order valence-electron chi connectivity index (χ4n) is 3.44. The van der Waals surface area contributed by atoms with Gasteiger partial charge in [0.25, 0.3) is 5.91 Å². The van der Waals surface area contributed by atoms with E-state index in [0.29, 0.717) is 30.1 Å². The minimum absolute atomic E-state index is 0.206. The summed E-state index contributed by atoms with van der Waals surface area (Å²) in [5.74, 6) is 0.498. The first-order chi connectivity index (χ1) is 15.3. The highest BCUT2D eigenvalue weighted by Gasteiger charge is 2.24. The predicted molar refractivity (Wildman–Crippen MR) is 127 cm³/mol. The number of nitrogens with one attached hydrogen (secondary N) is 2. The summed E-state index contributed by atoms with van der Waals surface area (Å²) in [5, 5.41) is 11.7. The van der Waals surface area contributed by atoms with E-state index >= 15 is 0 Å². The summed E-state index contributed by atoms with van der Waals surface area (Å²) in [6.07, 6.45) is 4.26. The van der Waals surface area contributed by atoms with Crippen molar-refractivity contribution in [1.29, 1.82) is 0 Å². The van der Waals surface area contributed by atoms with Gasteiger partial charge in [-0.2, -0.15) is 5.10 Å². The zero-order chi connectivity index (χ0) is 22.7. The zero-order valence-electron chi connectivity index (χ0n) is 18.9. The molecule has 1 aromatic carbocycles. The van der Waals surface area contributed by atoms with Gasteiger partial charge >= 0.3 is 0 Å². The molecule has 0 aliphatic rings. The number of aryl methyl sites for hydroxylation is 1. The Morgan fingerprint density at radius 1 is 1.06 bits per heavy atom. The Kier molecular flexibility index (Phi) is 5.90. The van der Waals surface area contributed by atoms with Crippen LogP contribution in [-0.4, -0.2) is 32.2 Å². The van der Waals surface area contributed by atoms with Crippen molar-refractivity contribution in [3.05, 3.63) is 77.7 Å². The Bertz CT molecular complexity index is 1220. The Morgan fingerprint density at radius 2 is 1.84 bits per heavy atom. The van der Waals surface area contributed by atoms with E-state index in [0.717, 1.165) is 16.6 Å². The number of hydrogen-bond acceptors (Lipinski definition) is 5. The Hall–Kier alpha value is -3.74. The van der Waals surface area contributed by atoms with Crippen molar-refractivity contribution in [3.8, 4) is 0 Å². The Morgan fingerprint density at radius 3 is 2.53 bits per heavy atom. The molecule has 0 aliphatic heterocycles. The lowest BCUT2D eigenvalue weighted by molar-refractivity contribution is 0.0949. The van der Waals surface area contributed by atoms with Gasteiger partial charge in [-0.05, 0) is 70.0 Å². The molecule has 0 unspecified atom stereocenters. The summed E-state index contributed by atoms with van der Waals surface area (Å²) in [6, 6.07) is 15.8. The largest absolute Gasteiger partial charge is 0.350 e. The highest BCUT2D eigenvalue weighted by atomic mass is 16.1. The van der Waals surface area contributed by atoms with Crippen LogP contribution >= 0.6 is 0 Å². The van der Waals surface area contributed by atoms with E-state index in [-0.39, 0.29) is 11.4 Å².